The maximum Gasteiger partial charge on any atom is 2.00 e. The monoisotopic (exact) mass is 356 g/mol. The third-order valence-electron chi connectivity index (χ3n) is 2.96. The van der Waals surface area contributed by atoms with Gasteiger partial charge in [-0.15, -0.1) is 0 Å². The van der Waals surface area contributed by atoms with Gasteiger partial charge in [-0.1, -0.05) is 90.9 Å². The van der Waals surface area contributed by atoms with Crippen molar-refractivity contribution >= 4 is 46.9 Å². The van der Waals surface area contributed by atoms with Crippen LogP contribution in [0.4, 0.5) is 0 Å². The molecule has 0 saturated heterocycles. The normalized spacial score (nSPS) is 9.90. The van der Waals surface area contributed by atoms with Gasteiger partial charge in [0.15, 0.2) is 0 Å². The fourth-order valence-electron chi connectivity index (χ4n) is 1.91. The standard InChI is InChI=1S/C14H30.Mg.H2O4S.H2S.2H/c1-3-5-7-9-11-13-14-12-10-8-6-4-2;;1-5(2,3)4;;;/h3-14H2,1-2H3;;(H2,1,2,3,4);1H2;;/q;+2;;;2*-1. The molecule has 0 aromatic carbocycles. The van der Waals surface area contributed by atoms with Crippen molar-refractivity contribution in [3.8, 4) is 0 Å². The van der Waals surface area contributed by atoms with Crippen LogP contribution >= 0.6 is 13.5 Å². The van der Waals surface area contributed by atoms with Crippen molar-refractivity contribution in [2.24, 2.45) is 0 Å². The Labute approximate surface area is 158 Å². The molecule has 0 saturated carbocycles. The summed E-state index contributed by atoms with van der Waals surface area (Å²) < 4.78 is 31.6. The molecule has 0 aliphatic heterocycles. The summed E-state index contributed by atoms with van der Waals surface area (Å²) in [5, 5.41) is 0. The maximum atomic E-state index is 8.74. The van der Waals surface area contributed by atoms with Crippen molar-refractivity contribution in [1.82, 2.24) is 0 Å². The molecule has 2 N–H and O–H groups in total. The molecule has 0 aromatic rings. The Kier molecular flexibility index (Phi) is 33.1. The molecular weight excluding hydrogens is 321 g/mol. The minimum Gasteiger partial charge on any atom is -1.00 e. The minimum absolute atomic E-state index is 0. The molecular formula is C14H36MgO4S2. The van der Waals surface area contributed by atoms with Gasteiger partial charge in [-0.25, -0.2) is 0 Å². The van der Waals surface area contributed by atoms with Crippen LogP contribution in [0.15, 0.2) is 0 Å². The Morgan fingerprint density at radius 3 is 0.952 bits per heavy atom. The van der Waals surface area contributed by atoms with Gasteiger partial charge in [0, 0.05) is 0 Å². The molecule has 0 aromatic heterocycles. The predicted molar refractivity (Wildman–Crippen MR) is 99.3 cm³/mol. The van der Waals surface area contributed by atoms with Gasteiger partial charge in [-0.05, 0) is 0 Å². The van der Waals surface area contributed by atoms with Crippen LogP contribution in [0.3, 0.4) is 0 Å². The fraction of sp³-hybridized carbons (Fsp3) is 1.00. The first kappa shape index (κ1) is 29.9. The first-order valence-electron chi connectivity index (χ1n) is 7.61. The van der Waals surface area contributed by atoms with Crippen LogP contribution in [0.2, 0.25) is 0 Å². The van der Waals surface area contributed by atoms with Crippen molar-refractivity contribution in [1.29, 1.82) is 0 Å². The van der Waals surface area contributed by atoms with Crippen molar-refractivity contribution < 1.29 is 20.4 Å². The molecule has 0 amide bonds. The van der Waals surface area contributed by atoms with E-state index >= 15 is 0 Å². The summed E-state index contributed by atoms with van der Waals surface area (Å²) in [5.41, 5.74) is 0. The fourth-order valence-corrected chi connectivity index (χ4v) is 1.91. The summed E-state index contributed by atoms with van der Waals surface area (Å²) in [7, 11) is -4.67. The van der Waals surface area contributed by atoms with Crippen LogP contribution in [0.25, 0.3) is 0 Å². The summed E-state index contributed by atoms with van der Waals surface area (Å²) in [6, 6.07) is 0. The quantitative estimate of drug-likeness (QED) is 0.310. The molecule has 0 radical (unpaired) electrons. The van der Waals surface area contributed by atoms with E-state index in [0.717, 1.165) is 0 Å². The number of hydrogen-bond acceptors (Lipinski definition) is 2. The van der Waals surface area contributed by atoms with Gasteiger partial charge in [-0.3, -0.25) is 9.11 Å². The van der Waals surface area contributed by atoms with Crippen molar-refractivity contribution in [2.75, 3.05) is 0 Å². The van der Waals surface area contributed by atoms with E-state index in [2.05, 4.69) is 13.8 Å². The molecule has 0 atom stereocenters. The Morgan fingerprint density at radius 2 is 0.810 bits per heavy atom. The van der Waals surface area contributed by atoms with Gasteiger partial charge in [0.25, 0.3) is 0 Å². The van der Waals surface area contributed by atoms with E-state index in [0.29, 0.717) is 0 Å². The zero-order chi connectivity index (χ0) is 15.0. The summed E-state index contributed by atoms with van der Waals surface area (Å²) in [4.78, 5) is 0. The van der Waals surface area contributed by atoms with Crippen LogP contribution < -0.4 is 0 Å². The molecule has 130 valence electrons. The van der Waals surface area contributed by atoms with Gasteiger partial charge in [0.05, 0.1) is 0 Å². The van der Waals surface area contributed by atoms with Crippen molar-refractivity contribution in [3.05, 3.63) is 0 Å². The second-order valence-corrected chi connectivity index (χ2v) is 5.88. The van der Waals surface area contributed by atoms with Crippen molar-refractivity contribution in [3.63, 3.8) is 0 Å². The Balaban J connectivity index is -0.0000000708. The largest absolute Gasteiger partial charge is 2.00 e. The average Bonchev–Trinajstić information content (AvgIpc) is 2.29. The van der Waals surface area contributed by atoms with E-state index in [1.165, 1.54) is 77.0 Å². The van der Waals surface area contributed by atoms with E-state index in [1.807, 2.05) is 0 Å². The molecule has 7 heteroatoms. The third-order valence-corrected chi connectivity index (χ3v) is 2.96. The van der Waals surface area contributed by atoms with E-state index in [-0.39, 0.29) is 39.4 Å². The van der Waals surface area contributed by atoms with Crippen LogP contribution in [0.1, 0.15) is 93.8 Å². The summed E-state index contributed by atoms with van der Waals surface area (Å²) in [6.07, 6.45) is 17.4. The zero-order valence-corrected chi connectivity index (χ0v) is 17.0. The summed E-state index contributed by atoms with van der Waals surface area (Å²) in [5.74, 6) is 0. The van der Waals surface area contributed by atoms with Crippen LogP contribution in [0.5, 0.6) is 0 Å². The summed E-state index contributed by atoms with van der Waals surface area (Å²) in [6.45, 7) is 4.57. The van der Waals surface area contributed by atoms with E-state index < -0.39 is 10.4 Å². The Bertz CT molecular complexity index is 250. The van der Waals surface area contributed by atoms with Crippen LogP contribution in [0, 0.1) is 0 Å². The van der Waals surface area contributed by atoms with Gasteiger partial charge in [0.2, 0.25) is 0 Å². The van der Waals surface area contributed by atoms with Gasteiger partial charge >= 0.3 is 33.5 Å². The molecule has 0 aliphatic rings. The first-order valence-corrected chi connectivity index (χ1v) is 9.01. The SMILES string of the molecule is CCCCCCCCCCCCCC.O=S(=O)(O)O.S.[H-].[H-].[Mg+2]. The molecule has 0 bridgehead atoms. The minimum atomic E-state index is -4.67. The summed E-state index contributed by atoms with van der Waals surface area (Å²) >= 11 is 0. The Morgan fingerprint density at radius 1 is 0.667 bits per heavy atom. The smallest absolute Gasteiger partial charge is 1.00 e. The van der Waals surface area contributed by atoms with Crippen LogP contribution in [-0.2, 0) is 10.4 Å². The number of hydrogen-bond donors (Lipinski definition) is 2. The van der Waals surface area contributed by atoms with Crippen molar-refractivity contribution in [2.45, 2.75) is 90.9 Å². The van der Waals surface area contributed by atoms with Gasteiger partial charge in [0.1, 0.15) is 0 Å². The topological polar surface area (TPSA) is 74.6 Å². The van der Waals surface area contributed by atoms with E-state index in [1.54, 1.807) is 0 Å². The molecule has 0 unspecified atom stereocenters. The molecule has 0 fully saturated rings. The Hall–Kier alpha value is 0.986. The molecule has 0 aliphatic carbocycles. The van der Waals surface area contributed by atoms with Gasteiger partial charge in [-0.2, -0.15) is 21.9 Å². The van der Waals surface area contributed by atoms with Gasteiger partial charge < -0.3 is 2.85 Å². The molecule has 21 heavy (non-hydrogen) atoms. The molecule has 0 spiro atoms. The van der Waals surface area contributed by atoms with Crippen LogP contribution in [-0.4, -0.2) is 40.6 Å². The van der Waals surface area contributed by atoms with E-state index in [9.17, 15) is 0 Å². The second kappa shape index (κ2) is 23.3. The first-order chi connectivity index (χ1) is 8.91. The third kappa shape index (κ3) is 52.7. The van der Waals surface area contributed by atoms with E-state index in [4.69, 9.17) is 17.5 Å². The molecule has 4 nitrogen and oxygen atoms in total. The average molecular weight is 357 g/mol. The number of rotatable bonds is 11. The maximum absolute atomic E-state index is 8.74. The zero-order valence-electron chi connectivity index (χ0n) is 15.8. The number of unbranched alkanes of at least 4 members (excludes halogenated alkanes) is 11. The second-order valence-electron chi connectivity index (χ2n) is 4.98. The molecule has 0 heterocycles. The predicted octanol–water partition coefficient (Wildman–Crippen LogP) is 5.01. The molecule has 0 rings (SSSR count).